The molecule has 0 bridgehead atoms. The van der Waals surface area contributed by atoms with Gasteiger partial charge in [0.1, 0.15) is 0 Å². The average Bonchev–Trinajstić information content (AvgIpc) is 2.42. The van der Waals surface area contributed by atoms with E-state index in [0.29, 0.717) is 5.92 Å². The van der Waals surface area contributed by atoms with Crippen molar-refractivity contribution in [3.63, 3.8) is 0 Å². The number of carboxylic acids is 1. The minimum atomic E-state index is -0.572. The van der Waals surface area contributed by atoms with Gasteiger partial charge in [-0.05, 0) is 57.7 Å². The Labute approximate surface area is 112 Å². The minimum Gasteiger partial charge on any atom is -0.481 e. The third-order valence-corrected chi connectivity index (χ3v) is 4.49. The van der Waals surface area contributed by atoms with E-state index in [0.717, 1.165) is 25.2 Å². The summed E-state index contributed by atoms with van der Waals surface area (Å²) < 4.78 is 0. The zero-order valence-electron chi connectivity index (χ0n) is 12.2. The third-order valence-electron chi connectivity index (χ3n) is 4.49. The van der Waals surface area contributed by atoms with E-state index in [-0.39, 0.29) is 5.92 Å². The topological polar surface area (TPSA) is 40.5 Å². The highest BCUT2D eigenvalue weighted by atomic mass is 16.4. The Bertz CT molecular complexity index is 247. The monoisotopic (exact) mass is 255 g/mol. The van der Waals surface area contributed by atoms with Crippen molar-refractivity contribution in [2.75, 3.05) is 20.1 Å². The van der Waals surface area contributed by atoms with Crippen LogP contribution in [0.25, 0.3) is 0 Å². The summed E-state index contributed by atoms with van der Waals surface area (Å²) in [6.45, 7) is 6.39. The molecule has 2 aliphatic rings. The fourth-order valence-corrected chi connectivity index (χ4v) is 3.38. The van der Waals surface area contributed by atoms with E-state index >= 15 is 0 Å². The standard InChI is InChI=1S/C13H23NO2.C2H6/c1-14-7-5-10(6-8-14)11-3-2-4-12(9-11)13(15)16;1-2/h10-12H,2-9H2,1H3,(H,15,16);1-2H3. The average molecular weight is 255 g/mol. The Balaban J connectivity index is 0.000000771. The molecular formula is C15H29NO2. The van der Waals surface area contributed by atoms with Crippen LogP contribution in [0.2, 0.25) is 0 Å². The number of likely N-dealkylation sites (tertiary alicyclic amines) is 1. The van der Waals surface area contributed by atoms with Crippen LogP contribution in [0.15, 0.2) is 0 Å². The summed E-state index contributed by atoms with van der Waals surface area (Å²) >= 11 is 0. The number of carbonyl (C=O) groups is 1. The van der Waals surface area contributed by atoms with E-state index in [1.54, 1.807) is 0 Å². The van der Waals surface area contributed by atoms with Gasteiger partial charge in [0.15, 0.2) is 0 Å². The zero-order valence-corrected chi connectivity index (χ0v) is 12.2. The lowest BCUT2D eigenvalue weighted by Gasteiger charge is -2.37. The summed E-state index contributed by atoms with van der Waals surface area (Å²) in [5.74, 6) is 0.845. The molecule has 0 aromatic carbocycles. The third kappa shape index (κ3) is 4.27. The van der Waals surface area contributed by atoms with Crippen molar-refractivity contribution in [2.45, 2.75) is 52.4 Å². The second-order valence-corrected chi connectivity index (χ2v) is 5.60. The Morgan fingerprint density at radius 3 is 2.22 bits per heavy atom. The molecular weight excluding hydrogens is 226 g/mol. The summed E-state index contributed by atoms with van der Waals surface area (Å²) in [4.78, 5) is 13.4. The van der Waals surface area contributed by atoms with Crippen molar-refractivity contribution in [3.8, 4) is 0 Å². The maximum atomic E-state index is 11.0. The van der Waals surface area contributed by atoms with Crippen LogP contribution < -0.4 is 0 Å². The van der Waals surface area contributed by atoms with Crippen LogP contribution in [0.4, 0.5) is 0 Å². The molecule has 1 saturated carbocycles. The van der Waals surface area contributed by atoms with Crippen molar-refractivity contribution < 1.29 is 9.90 Å². The number of aliphatic carboxylic acids is 1. The summed E-state index contributed by atoms with van der Waals surface area (Å²) in [5, 5.41) is 9.09. The van der Waals surface area contributed by atoms with Gasteiger partial charge in [-0.2, -0.15) is 0 Å². The fourth-order valence-electron chi connectivity index (χ4n) is 3.38. The lowest BCUT2D eigenvalue weighted by atomic mass is 9.72. The molecule has 0 spiro atoms. The first-order chi connectivity index (χ1) is 8.66. The van der Waals surface area contributed by atoms with E-state index in [4.69, 9.17) is 5.11 Å². The number of hydrogen-bond donors (Lipinski definition) is 1. The molecule has 2 unspecified atom stereocenters. The normalized spacial score (nSPS) is 30.4. The Hall–Kier alpha value is -0.570. The SMILES string of the molecule is CC.CN1CCC(C2CCCC(C(=O)O)C2)CC1. The summed E-state index contributed by atoms with van der Waals surface area (Å²) in [6, 6.07) is 0. The van der Waals surface area contributed by atoms with E-state index in [1.807, 2.05) is 13.8 Å². The highest BCUT2D eigenvalue weighted by Crippen LogP contribution is 2.38. The molecule has 2 fully saturated rings. The van der Waals surface area contributed by atoms with Gasteiger partial charge < -0.3 is 10.0 Å². The van der Waals surface area contributed by atoms with E-state index < -0.39 is 5.97 Å². The number of hydrogen-bond acceptors (Lipinski definition) is 2. The zero-order chi connectivity index (χ0) is 13.5. The van der Waals surface area contributed by atoms with Crippen LogP contribution in [-0.2, 0) is 4.79 Å². The van der Waals surface area contributed by atoms with E-state index in [1.165, 1.54) is 32.4 Å². The van der Waals surface area contributed by atoms with Crippen LogP contribution in [0.3, 0.4) is 0 Å². The second kappa shape index (κ2) is 7.78. The van der Waals surface area contributed by atoms with Gasteiger partial charge in [0.2, 0.25) is 0 Å². The Morgan fingerprint density at radius 1 is 1.06 bits per heavy atom. The van der Waals surface area contributed by atoms with Crippen LogP contribution in [0.5, 0.6) is 0 Å². The van der Waals surface area contributed by atoms with Crippen LogP contribution in [-0.4, -0.2) is 36.1 Å². The van der Waals surface area contributed by atoms with Gasteiger partial charge in [-0.1, -0.05) is 26.7 Å². The van der Waals surface area contributed by atoms with Gasteiger partial charge in [-0.25, -0.2) is 0 Å². The van der Waals surface area contributed by atoms with Crippen molar-refractivity contribution in [2.24, 2.45) is 17.8 Å². The number of carboxylic acid groups (broad SMARTS) is 1. The molecule has 3 heteroatoms. The van der Waals surface area contributed by atoms with Crippen molar-refractivity contribution in [1.82, 2.24) is 4.90 Å². The van der Waals surface area contributed by atoms with Crippen LogP contribution >= 0.6 is 0 Å². The van der Waals surface area contributed by atoms with Gasteiger partial charge in [0.05, 0.1) is 5.92 Å². The Morgan fingerprint density at radius 2 is 1.67 bits per heavy atom. The van der Waals surface area contributed by atoms with Gasteiger partial charge >= 0.3 is 5.97 Å². The smallest absolute Gasteiger partial charge is 0.306 e. The molecule has 1 aliphatic carbocycles. The first kappa shape index (κ1) is 15.5. The second-order valence-electron chi connectivity index (χ2n) is 5.60. The molecule has 0 aromatic rings. The summed E-state index contributed by atoms with van der Waals surface area (Å²) in [7, 11) is 2.18. The predicted octanol–water partition coefficient (Wildman–Crippen LogP) is 3.25. The van der Waals surface area contributed by atoms with Crippen LogP contribution in [0.1, 0.15) is 52.4 Å². The number of rotatable bonds is 2. The van der Waals surface area contributed by atoms with Crippen molar-refractivity contribution in [3.05, 3.63) is 0 Å². The molecule has 106 valence electrons. The lowest BCUT2D eigenvalue weighted by molar-refractivity contribution is -0.143. The molecule has 3 nitrogen and oxygen atoms in total. The molecule has 1 saturated heterocycles. The highest BCUT2D eigenvalue weighted by molar-refractivity contribution is 5.70. The molecule has 18 heavy (non-hydrogen) atoms. The van der Waals surface area contributed by atoms with Crippen LogP contribution in [0, 0.1) is 17.8 Å². The first-order valence-corrected chi connectivity index (χ1v) is 7.58. The first-order valence-electron chi connectivity index (χ1n) is 7.58. The molecule has 1 N–H and O–H groups in total. The Kier molecular flexibility index (Phi) is 6.69. The number of piperidine rings is 1. The van der Waals surface area contributed by atoms with E-state index in [9.17, 15) is 4.79 Å². The van der Waals surface area contributed by atoms with Gasteiger partial charge in [0, 0.05) is 0 Å². The minimum absolute atomic E-state index is 0.0570. The maximum absolute atomic E-state index is 11.0. The molecule has 0 aromatic heterocycles. The number of nitrogens with zero attached hydrogens (tertiary/aromatic N) is 1. The molecule has 2 atom stereocenters. The molecule has 0 radical (unpaired) electrons. The van der Waals surface area contributed by atoms with Gasteiger partial charge in [0.25, 0.3) is 0 Å². The highest BCUT2D eigenvalue weighted by Gasteiger charge is 2.32. The summed E-state index contributed by atoms with van der Waals surface area (Å²) in [5.41, 5.74) is 0. The van der Waals surface area contributed by atoms with Gasteiger partial charge in [-0.3, -0.25) is 4.79 Å². The van der Waals surface area contributed by atoms with Crippen molar-refractivity contribution in [1.29, 1.82) is 0 Å². The fraction of sp³-hybridized carbons (Fsp3) is 0.933. The van der Waals surface area contributed by atoms with Crippen molar-refractivity contribution >= 4 is 5.97 Å². The molecule has 2 rings (SSSR count). The molecule has 0 amide bonds. The maximum Gasteiger partial charge on any atom is 0.306 e. The van der Waals surface area contributed by atoms with E-state index in [2.05, 4.69) is 11.9 Å². The predicted molar refractivity (Wildman–Crippen MR) is 74.7 cm³/mol. The van der Waals surface area contributed by atoms with Gasteiger partial charge in [-0.15, -0.1) is 0 Å². The molecule has 1 heterocycles. The quantitative estimate of drug-likeness (QED) is 0.823. The largest absolute Gasteiger partial charge is 0.481 e. The molecule has 1 aliphatic heterocycles. The lowest BCUT2D eigenvalue weighted by Crippen LogP contribution is -2.35. The summed E-state index contributed by atoms with van der Waals surface area (Å²) in [6.07, 6.45) is 6.76.